The van der Waals surface area contributed by atoms with Crippen LogP contribution in [0.15, 0.2) is 42.5 Å². The number of rotatable bonds is 5. The molecule has 21 heavy (non-hydrogen) atoms. The van der Waals surface area contributed by atoms with Crippen LogP contribution >= 0.6 is 0 Å². The maximum atomic E-state index is 13.1. The minimum absolute atomic E-state index is 0.126. The van der Waals surface area contributed by atoms with Gasteiger partial charge in [0.15, 0.2) is 17.3 Å². The lowest BCUT2D eigenvalue weighted by molar-refractivity contribution is 0.0942. The van der Waals surface area contributed by atoms with Crippen LogP contribution in [0, 0.1) is 5.82 Å². The highest BCUT2D eigenvalue weighted by molar-refractivity contribution is 5.98. The zero-order chi connectivity index (χ0) is 15.4. The SMILES string of the molecule is CN(CC(=O)c1ccc(O)c(O)c1)Cc1cccc(F)c1. The molecule has 2 aromatic carbocycles. The summed E-state index contributed by atoms with van der Waals surface area (Å²) in [5.41, 5.74) is 1.09. The summed E-state index contributed by atoms with van der Waals surface area (Å²) in [6.45, 7) is 0.564. The van der Waals surface area contributed by atoms with Crippen LogP contribution in [-0.4, -0.2) is 34.5 Å². The number of Topliss-reactive ketones (excluding diaryl/α,β-unsaturated/α-hetero) is 1. The second-order valence-electron chi connectivity index (χ2n) is 4.93. The van der Waals surface area contributed by atoms with Crippen molar-refractivity contribution >= 4 is 5.78 Å². The van der Waals surface area contributed by atoms with Crippen molar-refractivity contribution in [3.63, 3.8) is 0 Å². The van der Waals surface area contributed by atoms with Crippen LogP contribution in [0.5, 0.6) is 11.5 Å². The molecule has 0 heterocycles. The van der Waals surface area contributed by atoms with Crippen LogP contribution in [0.3, 0.4) is 0 Å². The monoisotopic (exact) mass is 289 g/mol. The highest BCUT2D eigenvalue weighted by Gasteiger charge is 2.12. The van der Waals surface area contributed by atoms with Crippen LogP contribution in [0.25, 0.3) is 0 Å². The summed E-state index contributed by atoms with van der Waals surface area (Å²) < 4.78 is 13.1. The molecule has 0 unspecified atom stereocenters. The number of halogens is 1. The molecule has 0 aliphatic carbocycles. The van der Waals surface area contributed by atoms with Crippen molar-refractivity contribution in [1.29, 1.82) is 0 Å². The summed E-state index contributed by atoms with van der Waals surface area (Å²) in [6, 6.07) is 10.2. The number of phenolic OH excluding ortho intramolecular Hbond substituents is 2. The fourth-order valence-electron chi connectivity index (χ4n) is 2.04. The van der Waals surface area contributed by atoms with Crippen molar-refractivity contribution in [3.8, 4) is 11.5 Å². The summed E-state index contributed by atoms with van der Waals surface area (Å²) in [5, 5.41) is 18.6. The zero-order valence-electron chi connectivity index (χ0n) is 11.6. The van der Waals surface area contributed by atoms with E-state index in [1.165, 1.54) is 30.3 Å². The summed E-state index contributed by atoms with van der Waals surface area (Å²) in [6.07, 6.45) is 0. The zero-order valence-corrected chi connectivity index (χ0v) is 11.6. The first-order chi connectivity index (χ1) is 9.95. The molecular formula is C16H16FNO3. The minimum Gasteiger partial charge on any atom is -0.504 e. The van der Waals surface area contributed by atoms with E-state index in [4.69, 9.17) is 0 Å². The van der Waals surface area contributed by atoms with Crippen LogP contribution in [0.4, 0.5) is 4.39 Å². The molecule has 0 atom stereocenters. The fourth-order valence-corrected chi connectivity index (χ4v) is 2.04. The van der Waals surface area contributed by atoms with E-state index in [0.29, 0.717) is 12.1 Å². The number of likely N-dealkylation sites (N-methyl/N-ethyl adjacent to an activating group) is 1. The molecule has 0 amide bonds. The van der Waals surface area contributed by atoms with Gasteiger partial charge in [0.2, 0.25) is 0 Å². The van der Waals surface area contributed by atoms with Crippen LogP contribution in [0.1, 0.15) is 15.9 Å². The standard InChI is InChI=1S/C16H16FNO3/c1-18(9-11-3-2-4-13(17)7-11)10-16(21)12-5-6-14(19)15(20)8-12/h2-8,19-20H,9-10H2,1H3. The van der Waals surface area contributed by atoms with Crippen molar-refractivity contribution in [2.24, 2.45) is 0 Å². The minimum atomic E-state index is -0.325. The lowest BCUT2D eigenvalue weighted by atomic mass is 10.1. The maximum absolute atomic E-state index is 13.1. The van der Waals surface area contributed by atoms with Crippen molar-refractivity contribution in [3.05, 3.63) is 59.4 Å². The molecular weight excluding hydrogens is 273 g/mol. The Morgan fingerprint density at radius 2 is 1.90 bits per heavy atom. The Kier molecular flexibility index (Phi) is 4.55. The van der Waals surface area contributed by atoms with E-state index < -0.39 is 0 Å². The number of hydrogen-bond acceptors (Lipinski definition) is 4. The first-order valence-electron chi connectivity index (χ1n) is 6.44. The Hall–Kier alpha value is -2.40. The van der Waals surface area contributed by atoms with Gasteiger partial charge in [0.05, 0.1) is 6.54 Å². The molecule has 0 radical (unpaired) electrons. The van der Waals surface area contributed by atoms with Gasteiger partial charge in [0.1, 0.15) is 5.82 Å². The van der Waals surface area contributed by atoms with Crippen LogP contribution in [0.2, 0.25) is 0 Å². The van der Waals surface area contributed by atoms with Crippen molar-refractivity contribution in [2.45, 2.75) is 6.54 Å². The smallest absolute Gasteiger partial charge is 0.176 e. The lowest BCUT2D eigenvalue weighted by Gasteiger charge is -2.16. The largest absolute Gasteiger partial charge is 0.504 e. The van der Waals surface area contributed by atoms with E-state index in [9.17, 15) is 19.4 Å². The Morgan fingerprint density at radius 3 is 2.57 bits per heavy atom. The average Bonchev–Trinajstić information content (AvgIpc) is 2.41. The van der Waals surface area contributed by atoms with Gasteiger partial charge in [-0.15, -0.1) is 0 Å². The third-order valence-electron chi connectivity index (χ3n) is 3.05. The third-order valence-corrected chi connectivity index (χ3v) is 3.05. The van der Waals surface area contributed by atoms with Gasteiger partial charge in [-0.1, -0.05) is 12.1 Å². The van der Waals surface area contributed by atoms with E-state index >= 15 is 0 Å². The van der Waals surface area contributed by atoms with Gasteiger partial charge in [0, 0.05) is 12.1 Å². The number of carbonyl (C=O) groups is 1. The van der Waals surface area contributed by atoms with Gasteiger partial charge >= 0.3 is 0 Å². The van der Waals surface area contributed by atoms with Gasteiger partial charge in [-0.05, 0) is 42.9 Å². The van der Waals surface area contributed by atoms with Gasteiger partial charge in [-0.3, -0.25) is 9.69 Å². The van der Waals surface area contributed by atoms with E-state index in [1.54, 1.807) is 24.1 Å². The highest BCUT2D eigenvalue weighted by atomic mass is 19.1. The summed E-state index contributed by atoms with van der Waals surface area (Å²) in [5.74, 6) is -1.09. The predicted molar refractivity (Wildman–Crippen MR) is 76.8 cm³/mol. The third kappa shape index (κ3) is 4.03. The Morgan fingerprint density at radius 1 is 1.14 bits per heavy atom. The van der Waals surface area contributed by atoms with Crippen molar-refractivity contribution in [1.82, 2.24) is 4.90 Å². The molecule has 0 bridgehead atoms. The Bertz CT molecular complexity index is 658. The van der Waals surface area contributed by atoms with Gasteiger partial charge in [0.25, 0.3) is 0 Å². The molecule has 0 spiro atoms. The number of aromatic hydroxyl groups is 2. The van der Waals surface area contributed by atoms with Gasteiger partial charge in [-0.2, -0.15) is 0 Å². The predicted octanol–water partition coefficient (Wildman–Crippen LogP) is 2.55. The van der Waals surface area contributed by atoms with E-state index in [2.05, 4.69) is 0 Å². The summed E-state index contributed by atoms with van der Waals surface area (Å²) in [7, 11) is 1.75. The molecule has 0 saturated carbocycles. The molecule has 2 aromatic rings. The topological polar surface area (TPSA) is 60.8 Å². The second kappa shape index (κ2) is 6.37. The van der Waals surface area contributed by atoms with E-state index in [-0.39, 0.29) is 29.6 Å². The highest BCUT2D eigenvalue weighted by Crippen LogP contribution is 2.25. The number of nitrogens with zero attached hydrogens (tertiary/aromatic N) is 1. The number of ketones is 1. The van der Waals surface area contributed by atoms with Crippen LogP contribution in [-0.2, 0) is 6.54 Å². The molecule has 2 N–H and O–H groups in total. The Labute approximate surface area is 122 Å². The van der Waals surface area contributed by atoms with E-state index in [0.717, 1.165) is 5.56 Å². The normalized spacial score (nSPS) is 10.8. The number of carbonyl (C=O) groups excluding carboxylic acids is 1. The molecule has 0 fully saturated rings. The second-order valence-corrected chi connectivity index (χ2v) is 4.93. The molecule has 4 nitrogen and oxygen atoms in total. The number of benzene rings is 2. The molecule has 0 aromatic heterocycles. The van der Waals surface area contributed by atoms with Gasteiger partial charge < -0.3 is 10.2 Å². The number of phenols is 2. The van der Waals surface area contributed by atoms with Crippen molar-refractivity contribution in [2.75, 3.05) is 13.6 Å². The Balaban J connectivity index is 2.00. The fraction of sp³-hybridized carbons (Fsp3) is 0.188. The molecule has 0 aliphatic rings. The number of hydrogen-bond donors (Lipinski definition) is 2. The summed E-state index contributed by atoms with van der Waals surface area (Å²) >= 11 is 0. The maximum Gasteiger partial charge on any atom is 0.176 e. The molecule has 0 saturated heterocycles. The van der Waals surface area contributed by atoms with E-state index in [1.807, 2.05) is 0 Å². The summed E-state index contributed by atoms with van der Waals surface area (Å²) in [4.78, 5) is 13.8. The average molecular weight is 289 g/mol. The molecule has 2 rings (SSSR count). The molecule has 5 heteroatoms. The first kappa shape index (κ1) is 15.0. The molecule has 110 valence electrons. The molecule has 0 aliphatic heterocycles. The van der Waals surface area contributed by atoms with Crippen molar-refractivity contribution < 1.29 is 19.4 Å². The quantitative estimate of drug-likeness (QED) is 0.656. The van der Waals surface area contributed by atoms with Gasteiger partial charge in [-0.25, -0.2) is 4.39 Å². The lowest BCUT2D eigenvalue weighted by Crippen LogP contribution is -2.25. The van der Waals surface area contributed by atoms with Crippen LogP contribution < -0.4 is 0 Å². The first-order valence-corrected chi connectivity index (χ1v) is 6.44.